The summed E-state index contributed by atoms with van der Waals surface area (Å²) in [6.45, 7) is 2.32. The number of sulfone groups is 1. The average Bonchev–Trinajstić information content (AvgIpc) is 2.56. The zero-order valence-corrected chi connectivity index (χ0v) is 14.4. The van der Waals surface area contributed by atoms with E-state index in [1.165, 1.54) is 17.3 Å². The number of hydrogen-bond acceptors (Lipinski definition) is 5. The lowest BCUT2D eigenvalue weighted by atomic mass is 10.2. The van der Waals surface area contributed by atoms with Crippen LogP contribution in [0, 0.1) is 6.92 Å². The highest BCUT2D eigenvalue weighted by molar-refractivity contribution is 8.14. The Labute approximate surface area is 141 Å². The van der Waals surface area contributed by atoms with Gasteiger partial charge in [-0.2, -0.15) is 0 Å². The molecule has 4 nitrogen and oxygen atoms in total. The van der Waals surface area contributed by atoms with Crippen molar-refractivity contribution in [3.05, 3.63) is 60.2 Å². The number of hydrogen-bond donors (Lipinski definition) is 1. The van der Waals surface area contributed by atoms with Gasteiger partial charge in [0.2, 0.25) is 0 Å². The summed E-state index contributed by atoms with van der Waals surface area (Å²) in [7, 11) is -3.32. The molecule has 0 amide bonds. The van der Waals surface area contributed by atoms with E-state index < -0.39 is 15.1 Å². The van der Waals surface area contributed by atoms with E-state index in [1.54, 1.807) is 24.3 Å². The van der Waals surface area contributed by atoms with Crippen molar-refractivity contribution < 1.29 is 8.42 Å². The summed E-state index contributed by atoms with van der Waals surface area (Å²) in [6, 6.07) is 16.6. The topological polar surface area (TPSA) is 58.5 Å². The second-order valence-electron chi connectivity index (χ2n) is 5.43. The Bertz CT molecular complexity index is 817. The summed E-state index contributed by atoms with van der Waals surface area (Å²) in [5, 5.41) is 3.55. The van der Waals surface area contributed by atoms with Crippen LogP contribution in [0.5, 0.6) is 0 Å². The predicted octanol–water partition coefficient (Wildman–Crippen LogP) is 3.35. The van der Waals surface area contributed by atoms with Crippen molar-refractivity contribution >= 4 is 32.5 Å². The average molecular weight is 346 g/mol. The van der Waals surface area contributed by atoms with E-state index in [2.05, 4.69) is 10.3 Å². The Morgan fingerprint density at radius 3 is 2.57 bits per heavy atom. The molecule has 120 valence electrons. The molecule has 0 aromatic heterocycles. The Balaban J connectivity index is 1.71. The smallest absolute Gasteiger partial charge is 0.183 e. The standard InChI is InChI=1S/C17H18N2O2S2/c1-13-6-5-7-14(10-13)19-17-18-11-16(12-22-17)23(20,21)15-8-3-2-4-9-15/h2-10,16H,11-12H2,1H3,(H,18,19). The van der Waals surface area contributed by atoms with Crippen molar-refractivity contribution in [1.82, 2.24) is 0 Å². The van der Waals surface area contributed by atoms with Gasteiger partial charge in [-0.25, -0.2) is 8.42 Å². The number of rotatable bonds is 3. The molecule has 0 saturated carbocycles. The summed E-state index contributed by atoms with van der Waals surface area (Å²) in [5.41, 5.74) is 2.14. The molecule has 6 heteroatoms. The van der Waals surface area contributed by atoms with Crippen LogP contribution < -0.4 is 5.32 Å². The first-order chi connectivity index (χ1) is 11.1. The van der Waals surface area contributed by atoms with Crippen LogP contribution in [0.25, 0.3) is 0 Å². The lowest BCUT2D eigenvalue weighted by Gasteiger charge is -2.21. The molecule has 1 aliphatic heterocycles. The highest BCUT2D eigenvalue weighted by atomic mass is 32.2. The Kier molecular flexibility index (Phi) is 4.73. The molecule has 0 bridgehead atoms. The van der Waals surface area contributed by atoms with Crippen molar-refractivity contribution in [2.75, 3.05) is 17.6 Å². The number of benzene rings is 2. The fourth-order valence-electron chi connectivity index (χ4n) is 2.37. The Morgan fingerprint density at radius 2 is 1.91 bits per heavy atom. The van der Waals surface area contributed by atoms with E-state index in [-0.39, 0.29) is 0 Å². The minimum Gasteiger partial charge on any atom is -0.335 e. The first-order valence-corrected chi connectivity index (χ1v) is 9.89. The first-order valence-electron chi connectivity index (χ1n) is 7.35. The third kappa shape index (κ3) is 3.76. The van der Waals surface area contributed by atoms with Crippen LogP contribution >= 0.6 is 11.8 Å². The van der Waals surface area contributed by atoms with Crippen molar-refractivity contribution in [3.8, 4) is 0 Å². The second kappa shape index (κ2) is 6.76. The lowest BCUT2D eigenvalue weighted by molar-refractivity contribution is 0.585. The summed E-state index contributed by atoms with van der Waals surface area (Å²) >= 11 is 1.45. The van der Waals surface area contributed by atoms with E-state index >= 15 is 0 Å². The van der Waals surface area contributed by atoms with Crippen molar-refractivity contribution in [2.45, 2.75) is 17.1 Å². The third-order valence-corrected chi connectivity index (χ3v) is 7.03. The molecule has 0 radical (unpaired) electrons. The van der Waals surface area contributed by atoms with E-state index in [0.29, 0.717) is 17.2 Å². The van der Waals surface area contributed by atoms with Crippen molar-refractivity contribution in [3.63, 3.8) is 0 Å². The maximum absolute atomic E-state index is 12.6. The number of aryl methyl sites for hydroxylation is 1. The SMILES string of the molecule is Cc1cccc(NC2=NCC(S(=O)(=O)c3ccccc3)CS2)c1. The molecular weight excluding hydrogens is 328 g/mol. The molecule has 3 rings (SSSR count). The number of aliphatic imine (C=N–C) groups is 1. The number of nitrogens with one attached hydrogen (secondary N) is 1. The van der Waals surface area contributed by atoms with Crippen molar-refractivity contribution in [1.29, 1.82) is 0 Å². The van der Waals surface area contributed by atoms with E-state index in [4.69, 9.17) is 0 Å². The third-order valence-electron chi connectivity index (χ3n) is 3.62. The molecule has 0 fully saturated rings. The molecule has 1 heterocycles. The summed E-state index contributed by atoms with van der Waals surface area (Å²) in [5.74, 6) is 0.509. The van der Waals surface area contributed by atoms with Gasteiger partial charge in [0, 0.05) is 11.4 Å². The largest absolute Gasteiger partial charge is 0.335 e. The number of nitrogens with zero attached hydrogens (tertiary/aromatic N) is 1. The van der Waals surface area contributed by atoms with Gasteiger partial charge in [0.1, 0.15) is 0 Å². The molecule has 0 spiro atoms. The van der Waals surface area contributed by atoms with E-state index in [1.807, 2.05) is 37.3 Å². The van der Waals surface area contributed by atoms with Gasteiger partial charge in [-0.15, -0.1) is 0 Å². The van der Waals surface area contributed by atoms with Crippen LogP contribution in [0.15, 0.2) is 64.5 Å². The van der Waals surface area contributed by atoms with Crippen LogP contribution in [0.2, 0.25) is 0 Å². The minimum atomic E-state index is -3.32. The Morgan fingerprint density at radius 1 is 1.13 bits per heavy atom. The van der Waals surface area contributed by atoms with E-state index in [9.17, 15) is 8.42 Å². The fourth-order valence-corrected chi connectivity index (χ4v) is 5.29. The molecular formula is C17H18N2O2S2. The highest BCUT2D eigenvalue weighted by Gasteiger charge is 2.30. The number of anilines is 1. The van der Waals surface area contributed by atoms with Gasteiger partial charge in [-0.3, -0.25) is 4.99 Å². The molecule has 2 aromatic carbocycles. The number of amidine groups is 1. The summed E-state index contributed by atoms with van der Waals surface area (Å²) < 4.78 is 25.2. The van der Waals surface area contributed by atoms with Crippen LogP contribution in [0.4, 0.5) is 5.69 Å². The lowest BCUT2D eigenvalue weighted by Crippen LogP contribution is -2.32. The predicted molar refractivity (Wildman–Crippen MR) is 97.0 cm³/mol. The van der Waals surface area contributed by atoms with E-state index in [0.717, 1.165) is 10.9 Å². The van der Waals surface area contributed by atoms with Crippen LogP contribution in [0.1, 0.15) is 5.56 Å². The van der Waals surface area contributed by atoms with Gasteiger partial charge in [-0.1, -0.05) is 42.1 Å². The normalized spacial score (nSPS) is 18.3. The zero-order chi connectivity index (χ0) is 16.3. The van der Waals surface area contributed by atoms with Gasteiger partial charge in [0.15, 0.2) is 15.0 Å². The molecule has 1 N–H and O–H groups in total. The maximum Gasteiger partial charge on any atom is 0.183 e. The molecule has 1 atom stereocenters. The van der Waals surface area contributed by atoms with Crippen LogP contribution in [0.3, 0.4) is 0 Å². The molecule has 1 unspecified atom stereocenters. The fraction of sp³-hybridized carbons (Fsp3) is 0.235. The van der Waals surface area contributed by atoms with Gasteiger partial charge < -0.3 is 5.32 Å². The molecule has 23 heavy (non-hydrogen) atoms. The quantitative estimate of drug-likeness (QED) is 0.926. The van der Waals surface area contributed by atoms with Gasteiger partial charge >= 0.3 is 0 Å². The van der Waals surface area contributed by atoms with Gasteiger partial charge in [0.05, 0.1) is 16.7 Å². The van der Waals surface area contributed by atoms with Gasteiger partial charge in [0.25, 0.3) is 0 Å². The minimum absolute atomic E-state index is 0.290. The first kappa shape index (κ1) is 16.1. The second-order valence-corrected chi connectivity index (χ2v) is 8.67. The maximum atomic E-state index is 12.6. The van der Waals surface area contributed by atoms with Crippen molar-refractivity contribution in [2.24, 2.45) is 4.99 Å². The summed E-state index contributed by atoms with van der Waals surface area (Å²) in [6.07, 6.45) is 0. The monoisotopic (exact) mass is 346 g/mol. The molecule has 2 aromatic rings. The van der Waals surface area contributed by atoms with Crippen LogP contribution in [-0.4, -0.2) is 31.1 Å². The molecule has 1 aliphatic rings. The molecule has 0 aliphatic carbocycles. The Hall–Kier alpha value is -1.79. The van der Waals surface area contributed by atoms with Gasteiger partial charge in [-0.05, 0) is 36.8 Å². The molecule has 0 saturated heterocycles. The number of thioether (sulfide) groups is 1. The highest BCUT2D eigenvalue weighted by Crippen LogP contribution is 2.24. The zero-order valence-electron chi connectivity index (χ0n) is 12.8. The van der Waals surface area contributed by atoms with Crippen LogP contribution in [-0.2, 0) is 9.84 Å². The summed E-state index contributed by atoms with van der Waals surface area (Å²) in [4.78, 5) is 4.79.